The van der Waals surface area contributed by atoms with Crippen molar-refractivity contribution in [3.8, 4) is 0 Å². The number of piperidine rings is 1. The van der Waals surface area contributed by atoms with Crippen molar-refractivity contribution in [1.82, 2.24) is 20.1 Å². The zero-order chi connectivity index (χ0) is 10.7. The van der Waals surface area contributed by atoms with Gasteiger partial charge in [0.05, 0.1) is 6.10 Å². The van der Waals surface area contributed by atoms with Crippen molar-refractivity contribution in [2.24, 2.45) is 7.05 Å². The number of nitrogens with one attached hydrogen (secondary N) is 1. The van der Waals surface area contributed by atoms with Crippen LogP contribution in [0.5, 0.6) is 0 Å². The summed E-state index contributed by atoms with van der Waals surface area (Å²) in [5, 5.41) is 11.4. The van der Waals surface area contributed by atoms with Crippen LogP contribution >= 0.6 is 0 Å². The predicted octanol–water partition coefficient (Wildman–Crippen LogP) is 0.392. The van der Waals surface area contributed by atoms with Gasteiger partial charge in [-0.2, -0.15) is 0 Å². The molecule has 1 saturated heterocycles. The largest absolute Gasteiger partial charge is 0.370 e. The first-order valence-corrected chi connectivity index (χ1v) is 5.44. The summed E-state index contributed by atoms with van der Waals surface area (Å²) in [7, 11) is 1.97. The first kappa shape index (κ1) is 10.6. The molecule has 1 aromatic heterocycles. The molecule has 1 aromatic rings. The number of hydrogen-bond acceptors (Lipinski definition) is 4. The Morgan fingerprint density at radius 3 is 2.73 bits per heavy atom. The smallest absolute Gasteiger partial charge is 0.158 e. The molecule has 84 valence electrons. The molecule has 0 bridgehead atoms. The minimum atomic E-state index is 0.378. The molecule has 15 heavy (non-hydrogen) atoms. The van der Waals surface area contributed by atoms with E-state index in [-0.39, 0.29) is 0 Å². The Morgan fingerprint density at radius 2 is 2.13 bits per heavy atom. The van der Waals surface area contributed by atoms with Crippen molar-refractivity contribution >= 4 is 0 Å². The highest BCUT2D eigenvalue weighted by molar-refractivity contribution is 4.90. The van der Waals surface area contributed by atoms with Crippen molar-refractivity contribution in [3.63, 3.8) is 0 Å². The Balaban J connectivity index is 1.84. The third-order valence-electron chi connectivity index (χ3n) is 2.92. The maximum atomic E-state index is 5.80. The van der Waals surface area contributed by atoms with Gasteiger partial charge in [-0.05, 0) is 32.9 Å². The first-order valence-electron chi connectivity index (χ1n) is 5.44. The molecule has 0 aliphatic carbocycles. The third kappa shape index (κ3) is 2.54. The summed E-state index contributed by atoms with van der Waals surface area (Å²) in [5.41, 5.74) is 0. The average Bonchev–Trinajstić information content (AvgIpc) is 2.59. The van der Waals surface area contributed by atoms with Crippen molar-refractivity contribution in [1.29, 1.82) is 0 Å². The molecule has 0 aromatic carbocycles. The van der Waals surface area contributed by atoms with Gasteiger partial charge in [-0.3, -0.25) is 0 Å². The molecule has 5 heteroatoms. The van der Waals surface area contributed by atoms with Crippen LogP contribution in [0.2, 0.25) is 0 Å². The fourth-order valence-electron chi connectivity index (χ4n) is 1.73. The molecule has 0 amide bonds. The lowest BCUT2D eigenvalue weighted by atomic mass is 10.1. The molecule has 0 atom stereocenters. The van der Waals surface area contributed by atoms with E-state index in [0.29, 0.717) is 12.7 Å². The molecule has 1 aliphatic rings. The molecular weight excluding hydrogens is 192 g/mol. The molecule has 1 N–H and O–H groups in total. The van der Waals surface area contributed by atoms with Crippen LogP contribution in [-0.2, 0) is 18.4 Å². The second-order valence-corrected chi connectivity index (χ2v) is 3.98. The lowest BCUT2D eigenvalue weighted by molar-refractivity contribution is 0.0166. The summed E-state index contributed by atoms with van der Waals surface area (Å²) >= 11 is 0. The minimum absolute atomic E-state index is 0.378. The number of aromatic nitrogens is 3. The van der Waals surface area contributed by atoms with Gasteiger partial charge in [-0.25, -0.2) is 0 Å². The average molecular weight is 210 g/mol. The van der Waals surface area contributed by atoms with E-state index in [9.17, 15) is 0 Å². The van der Waals surface area contributed by atoms with Crippen molar-refractivity contribution in [2.75, 3.05) is 13.1 Å². The van der Waals surface area contributed by atoms with E-state index in [1.54, 1.807) is 0 Å². The summed E-state index contributed by atoms with van der Waals surface area (Å²) in [6.07, 6.45) is 2.57. The van der Waals surface area contributed by atoms with E-state index < -0.39 is 0 Å². The fraction of sp³-hybridized carbons (Fsp3) is 0.800. The third-order valence-corrected chi connectivity index (χ3v) is 2.92. The monoisotopic (exact) mass is 210 g/mol. The van der Waals surface area contributed by atoms with Crippen molar-refractivity contribution < 1.29 is 4.74 Å². The lowest BCUT2D eigenvalue weighted by Gasteiger charge is -2.22. The van der Waals surface area contributed by atoms with Crippen LogP contribution in [0, 0.1) is 6.92 Å². The van der Waals surface area contributed by atoms with E-state index in [1.165, 1.54) is 0 Å². The molecule has 1 fully saturated rings. The van der Waals surface area contributed by atoms with E-state index in [4.69, 9.17) is 4.74 Å². The molecular formula is C10H18N4O. The SMILES string of the molecule is Cc1nnc(COC2CCNCC2)n1C. The number of nitrogens with zero attached hydrogens (tertiary/aromatic N) is 3. The highest BCUT2D eigenvalue weighted by atomic mass is 16.5. The van der Waals surface area contributed by atoms with Gasteiger partial charge in [0, 0.05) is 7.05 Å². The van der Waals surface area contributed by atoms with Gasteiger partial charge in [0.25, 0.3) is 0 Å². The van der Waals surface area contributed by atoms with Crippen molar-refractivity contribution in [2.45, 2.75) is 32.5 Å². The maximum absolute atomic E-state index is 5.80. The van der Waals surface area contributed by atoms with Gasteiger partial charge in [0.2, 0.25) is 0 Å². The molecule has 1 aliphatic heterocycles. The van der Waals surface area contributed by atoms with Gasteiger partial charge in [0.1, 0.15) is 12.4 Å². The molecule has 0 radical (unpaired) electrons. The van der Waals surface area contributed by atoms with Crippen LogP contribution in [0.4, 0.5) is 0 Å². The Morgan fingerprint density at radius 1 is 1.40 bits per heavy atom. The second kappa shape index (κ2) is 4.72. The van der Waals surface area contributed by atoms with Gasteiger partial charge in [-0.15, -0.1) is 10.2 Å². The minimum Gasteiger partial charge on any atom is -0.370 e. The molecule has 5 nitrogen and oxygen atoms in total. The Kier molecular flexibility index (Phi) is 3.33. The number of ether oxygens (including phenoxy) is 1. The summed E-state index contributed by atoms with van der Waals surface area (Å²) in [6, 6.07) is 0. The summed E-state index contributed by atoms with van der Waals surface area (Å²) < 4.78 is 7.77. The first-order chi connectivity index (χ1) is 7.27. The highest BCUT2D eigenvalue weighted by Crippen LogP contribution is 2.10. The second-order valence-electron chi connectivity index (χ2n) is 3.98. The number of hydrogen-bond donors (Lipinski definition) is 1. The molecule has 2 heterocycles. The topological polar surface area (TPSA) is 52.0 Å². The summed E-state index contributed by atoms with van der Waals surface area (Å²) in [6.45, 7) is 4.63. The van der Waals surface area contributed by atoms with E-state index in [1.807, 2.05) is 18.5 Å². The van der Waals surface area contributed by atoms with Crippen LogP contribution in [-0.4, -0.2) is 34.0 Å². The molecule has 0 unspecified atom stereocenters. The van der Waals surface area contributed by atoms with E-state index >= 15 is 0 Å². The summed E-state index contributed by atoms with van der Waals surface area (Å²) in [5.74, 6) is 1.84. The quantitative estimate of drug-likeness (QED) is 0.784. The van der Waals surface area contributed by atoms with Crippen LogP contribution in [0.3, 0.4) is 0 Å². The standard InChI is InChI=1S/C10H18N4O/c1-8-12-13-10(14(8)2)7-15-9-3-5-11-6-4-9/h9,11H,3-7H2,1-2H3. The lowest BCUT2D eigenvalue weighted by Crippen LogP contribution is -2.32. The van der Waals surface area contributed by atoms with Gasteiger partial charge < -0.3 is 14.6 Å². The zero-order valence-corrected chi connectivity index (χ0v) is 9.36. The van der Waals surface area contributed by atoms with E-state index in [2.05, 4.69) is 15.5 Å². The van der Waals surface area contributed by atoms with Crippen LogP contribution in [0.1, 0.15) is 24.5 Å². The van der Waals surface area contributed by atoms with E-state index in [0.717, 1.165) is 37.6 Å². The maximum Gasteiger partial charge on any atom is 0.158 e. The highest BCUT2D eigenvalue weighted by Gasteiger charge is 2.14. The summed E-state index contributed by atoms with van der Waals surface area (Å²) in [4.78, 5) is 0. The fourth-order valence-corrected chi connectivity index (χ4v) is 1.73. The van der Waals surface area contributed by atoms with Crippen LogP contribution in [0.25, 0.3) is 0 Å². The van der Waals surface area contributed by atoms with Gasteiger partial charge >= 0.3 is 0 Å². The molecule has 0 spiro atoms. The van der Waals surface area contributed by atoms with Crippen LogP contribution < -0.4 is 5.32 Å². The number of rotatable bonds is 3. The molecule has 2 rings (SSSR count). The predicted molar refractivity (Wildman–Crippen MR) is 56.4 cm³/mol. The normalized spacial score (nSPS) is 18.3. The zero-order valence-electron chi connectivity index (χ0n) is 9.36. The van der Waals surface area contributed by atoms with Gasteiger partial charge in [0.15, 0.2) is 5.82 Å². The van der Waals surface area contributed by atoms with Gasteiger partial charge in [-0.1, -0.05) is 0 Å². The van der Waals surface area contributed by atoms with Crippen molar-refractivity contribution in [3.05, 3.63) is 11.6 Å². The Hall–Kier alpha value is -0.940. The number of aryl methyl sites for hydroxylation is 1. The Bertz CT molecular complexity index is 317. The van der Waals surface area contributed by atoms with Crippen LogP contribution in [0.15, 0.2) is 0 Å². The molecule has 0 saturated carbocycles. The Labute approximate surface area is 89.8 Å².